The molecule has 0 bridgehead atoms. The van der Waals surface area contributed by atoms with Crippen molar-refractivity contribution in [2.45, 2.75) is 45.3 Å². The molecule has 3 rings (SSSR count). The zero-order valence-corrected chi connectivity index (χ0v) is 18.5. The average Bonchev–Trinajstić information content (AvgIpc) is 3.10. The number of nitrogens with zero attached hydrogens (tertiary/aromatic N) is 5. The molecule has 1 saturated heterocycles. The van der Waals surface area contributed by atoms with Crippen LogP contribution in [0.5, 0.6) is 0 Å². The smallest absolute Gasteiger partial charge is 0.192 e. The Hall–Kier alpha value is -2.45. The van der Waals surface area contributed by atoms with Gasteiger partial charge < -0.3 is 24.8 Å². The molecule has 0 unspecified atom stereocenters. The maximum Gasteiger partial charge on any atom is 0.192 e. The number of benzene rings is 1. The fraction of sp³-hybridized carbons (Fsp3) is 0.591. The van der Waals surface area contributed by atoms with Gasteiger partial charge in [0.25, 0.3) is 0 Å². The van der Waals surface area contributed by atoms with Gasteiger partial charge in [0.1, 0.15) is 5.82 Å². The van der Waals surface area contributed by atoms with Gasteiger partial charge in [-0.3, -0.25) is 0 Å². The first-order valence-corrected chi connectivity index (χ1v) is 10.8. The molecule has 8 heteroatoms. The minimum atomic E-state index is 0.423. The Balaban J connectivity index is 1.56. The number of piperidine rings is 1. The van der Waals surface area contributed by atoms with E-state index in [-0.39, 0.29) is 0 Å². The molecule has 0 saturated carbocycles. The number of nitrogens with one attached hydrogen (secondary N) is 2. The molecule has 0 atom stereocenters. The first-order chi connectivity index (χ1) is 14.7. The molecular formula is C22H35N7O. The molecule has 0 radical (unpaired) electrons. The maximum atomic E-state index is 5.17. The Morgan fingerprint density at radius 1 is 1.20 bits per heavy atom. The van der Waals surface area contributed by atoms with Crippen molar-refractivity contribution in [3.05, 3.63) is 47.5 Å². The van der Waals surface area contributed by atoms with Gasteiger partial charge >= 0.3 is 0 Å². The standard InChI is InChI=1S/C22H35N7O/c1-18-26-27-21(28(18)2)17-24-22(23-16-19-8-5-4-6-9-19)25-20-10-13-29(14-11-20)12-7-15-30-3/h4-6,8-9,20H,7,10-17H2,1-3H3,(H2,23,24,25). The number of hydrogen-bond acceptors (Lipinski definition) is 5. The Kier molecular flexibility index (Phi) is 8.65. The molecule has 1 aliphatic rings. The fourth-order valence-electron chi connectivity index (χ4n) is 3.60. The van der Waals surface area contributed by atoms with Gasteiger partial charge in [0.2, 0.25) is 0 Å². The number of hydrogen-bond donors (Lipinski definition) is 2. The minimum Gasteiger partial charge on any atom is -0.385 e. The summed E-state index contributed by atoms with van der Waals surface area (Å²) in [5.41, 5.74) is 1.20. The average molecular weight is 414 g/mol. The van der Waals surface area contributed by atoms with Gasteiger partial charge in [0.15, 0.2) is 11.8 Å². The lowest BCUT2D eigenvalue weighted by Gasteiger charge is -2.33. The SMILES string of the molecule is COCCCN1CCC(NC(=NCc2ccccc2)NCc2nnc(C)n2C)CC1. The topological polar surface area (TPSA) is 79.6 Å². The van der Waals surface area contributed by atoms with E-state index in [9.17, 15) is 0 Å². The van der Waals surface area contributed by atoms with E-state index in [1.165, 1.54) is 5.56 Å². The maximum absolute atomic E-state index is 5.17. The highest BCUT2D eigenvalue weighted by Crippen LogP contribution is 2.11. The molecule has 2 aromatic rings. The summed E-state index contributed by atoms with van der Waals surface area (Å²) in [6.07, 6.45) is 3.32. The van der Waals surface area contributed by atoms with Crippen LogP contribution < -0.4 is 10.6 Å². The quantitative estimate of drug-likeness (QED) is 0.371. The minimum absolute atomic E-state index is 0.423. The summed E-state index contributed by atoms with van der Waals surface area (Å²) in [5, 5.41) is 15.5. The number of aromatic nitrogens is 3. The zero-order chi connectivity index (χ0) is 21.2. The molecule has 0 amide bonds. The molecule has 1 aliphatic heterocycles. The monoisotopic (exact) mass is 413 g/mol. The van der Waals surface area contributed by atoms with Gasteiger partial charge in [-0.05, 0) is 31.7 Å². The van der Waals surface area contributed by atoms with Crippen molar-refractivity contribution >= 4 is 5.96 Å². The predicted molar refractivity (Wildman–Crippen MR) is 119 cm³/mol. The summed E-state index contributed by atoms with van der Waals surface area (Å²) < 4.78 is 7.17. The van der Waals surface area contributed by atoms with Crippen LogP contribution in [0, 0.1) is 6.92 Å². The van der Waals surface area contributed by atoms with Crippen molar-refractivity contribution in [2.24, 2.45) is 12.0 Å². The molecule has 1 aromatic heterocycles. The number of likely N-dealkylation sites (tertiary alicyclic amines) is 1. The number of rotatable bonds is 9. The Morgan fingerprint density at radius 3 is 2.63 bits per heavy atom. The van der Waals surface area contributed by atoms with Crippen LogP contribution in [-0.4, -0.2) is 65.0 Å². The first kappa shape index (κ1) is 22.2. The Morgan fingerprint density at radius 2 is 1.97 bits per heavy atom. The third kappa shape index (κ3) is 6.81. The fourth-order valence-corrected chi connectivity index (χ4v) is 3.60. The second-order valence-corrected chi connectivity index (χ2v) is 7.83. The van der Waals surface area contributed by atoms with E-state index in [1.807, 2.05) is 36.7 Å². The summed E-state index contributed by atoms with van der Waals surface area (Å²) >= 11 is 0. The summed E-state index contributed by atoms with van der Waals surface area (Å²) in [4.78, 5) is 7.35. The van der Waals surface area contributed by atoms with E-state index in [2.05, 4.69) is 37.9 Å². The highest BCUT2D eigenvalue weighted by atomic mass is 16.5. The van der Waals surface area contributed by atoms with Crippen LogP contribution in [0.4, 0.5) is 0 Å². The highest BCUT2D eigenvalue weighted by molar-refractivity contribution is 5.80. The van der Waals surface area contributed by atoms with E-state index in [1.54, 1.807) is 7.11 Å². The summed E-state index contributed by atoms with van der Waals surface area (Å²) in [5.74, 6) is 2.63. The van der Waals surface area contributed by atoms with Gasteiger partial charge in [-0.25, -0.2) is 4.99 Å². The molecule has 8 nitrogen and oxygen atoms in total. The van der Waals surface area contributed by atoms with Gasteiger partial charge in [-0.15, -0.1) is 10.2 Å². The van der Waals surface area contributed by atoms with E-state index in [4.69, 9.17) is 9.73 Å². The molecule has 0 spiro atoms. The van der Waals surface area contributed by atoms with E-state index < -0.39 is 0 Å². The predicted octanol–water partition coefficient (Wildman–Crippen LogP) is 1.86. The summed E-state index contributed by atoms with van der Waals surface area (Å²) in [6, 6.07) is 10.8. The molecule has 0 aliphatic carbocycles. The second-order valence-electron chi connectivity index (χ2n) is 7.83. The van der Waals surface area contributed by atoms with Crippen molar-refractivity contribution in [1.29, 1.82) is 0 Å². The Bertz CT molecular complexity index is 782. The van der Waals surface area contributed by atoms with Gasteiger partial charge in [0.05, 0.1) is 13.1 Å². The number of aryl methyl sites for hydroxylation is 1. The van der Waals surface area contributed by atoms with Crippen LogP contribution in [0.25, 0.3) is 0 Å². The zero-order valence-electron chi connectivity index (χ0n) is 18.5. The summed E-state index contributed by atoms with van der Waals surface area (Å²) in [6.45, 7) is 7.35. The van der Waals surface area contributed by atoms with Crippen molar-refractivity contribution in [3.8, 4) is 0 Å². The molecule has 2 heterocycles. The molecule has 164 valence electrons. The van der Waals surface area contributed by atoms with Crippen LogP contribution in [-0.2, 0) is 24.9 Å². The number of aliphatic imine (C=N–C) groups is 1. The third-order valence-corrected chi connectivity index (χ3v) is 5.61. The first-order valence-electron chi connectivity index (χ1n) is 10.8. The molecule has 30 heavy (non-hydrogen) atoms. The lowest BCUT2D eigenvalue weighted by molar-refractivity contribution is 0.155. The number of guanidine groups is 1. The normalized spacial score (nSPS) is 16.0. The lowest BCUT2D eigenvalue weighted by atomic mass is 10.1. The van der Waals surface area contributed by atoms with E-state index >= 15 is 0 Å². The molecule has 1 aromatic carbocycles. The van der Waals surface area contributed by atoms with E-state index in [0.717, 1.165) is 63.1 Å². The van der Waals surface area contributed by atoms with Crippen molar-refractivity contribution in [1.82, 2.24) is 30.3 Å². The van der Waals surface area contributed by atoms with Crippen LogP contribution in [0.1, 0.15) is 36.5 Å². The second kappa shape index (κ2) is 11.7. The van der Waals surface area contributed by atoms with Crippen LogP contribution in [0.15, 0.2) is 35.3 Å². The van der Waals surface area contributed by atoms with Crippen LogP contribution in [0.2, 0.25) is 0 Å². The molecule has 1 fully saturated rings. The highest BCUT2D eigenvalue weighted by Gasteiger charge is 2.20. The lowest BCUT2D eigenvalue weighted by Crippen LogP contribution is -2.48. The number of methoxy groups -OCH3 is 1. The largest absolute Gasteiger partial charge is 0.385 e. The van der Waals surface area contributed by atoms with Gasteiger partial charge in [-0.1, -0.05) is 30.3 Å². The van der Waals surface area contributed by atoms with Crippen molar-refractivity contribution in [2.75, 3.05) is 33.4 Å². The Labute approximate surface area is 179 Å². The third-order valence-electron chi connectivity index (χ3n) is 5.61. The van der Waals surface area contributed by atoms with Crippen LogP contribution >= 0.6 is 0 Å². The van der Waals surface area contributed by atoms with Crippen molar-refractivity contribution in [3.63, 3.8) is 0 Å². The number of ether oxygens (including phenoxy) is 1. The summed E-state index contributed by atoms with van der Waals surface area (Å²) in [7, 11) is 3.75. The van der Waals surface area contributed by atoms with Gasteiger partial charge in [-0.2, -0.15) is 0 Å². The van der Waals surface area contributed by atoms with Gasteiger partial charge in [0, 0.05) is 46.4 Å². The molecular weight excluding hydrogens is 378 g/mol. The molecule has 2 N–H and O–H groups in total. The van der Waals surface area contributed by atoms with E-state index in [0.29, 0.717) is 19.1 Å². The van der Waals surface area contributed by atoms with Crippen LogP contribution in [0.3, 0.4) is 0 Å². The van der Waals surface area contributed by atoms with Crippen molar-refractivity contribution < 1.29 is 4.74 Å².